The number of rotatable bonds is 5. The van der Waals surface area contributed by atoms with Crippen LogP contribution in [0.5, 0.6) is 17.2 Å². The number of nitrogens with zero attached hydrogens (tertiary/aromatic N) is 2. The molecule has 0 saturated carbocycles. The van der Waals surface area contributed by atoms with Crippen molar-refractivity contribution >= 4 is 44.1 Å². The maximum Gasteiger partial charge on any atom is 0.301 e. The molecule has 1 aromatic heterocycles. The lowest BCUT2D eigenvalue weighted by Gasteiger charge is -2.23. The average Bonchev–Trinajstić information content (AvgIpc) is 3.56. The molecule has 1 fully saturated rings. The van der Waals surface area contributed by atoms with Gasteiger partial charge in [0.2, 0.25) is 0 Å². The van der Waals surface area contributed by atoms with Gasteiger partial charge >= 0.3 is 5.91 Å². The van der Waals surface area contributed by atoms with Crippen molar-refractivity contribution in [3.8, 4) is 17.2 Å². The fourth-order valence-corrected chi connectivity index (χ4v) is 6.04. The molecule has 2 N–H and O–H groups in total. The lowest BCUT2D eigenvalue weighted by Crippen LogP contribution is -2.29. The van der Waals surface area contributed by atoms with Crippen LogP contribution in [-0.4, -0.2) is 39.6 Å². The quantitative estimate of drug-likeness (QED) is 0.204. The van der Waals surface area contributed by atoms with E-state index in [1.807, 2.05) is 19.9 Å². The molecule has 0 bridgehead atoms. The minimum Gasteiger partial charge on any atom is -0.508 e. The van der Waals surface area contributed by atoms with Crippen molar-refractivity contribution in [2.24, 2.45) is 0 Å². The van der Waals surface area contributed by atoms with Crippen LogP contribution in [0.25, 0.3) is 16.0 Å². The maximum absolute atomic E-state index is 13.5. The lowest BCUT2D eigenvalue weighted by molar-refractivity contribution is -0.132. The molecule has 38 heavy (non-hydrogen) atoms. The minimum atomic E-state index is -0.988. The number of phenolic OH excluding ortho intramolecular Hbond substituents is 1. The van der Waals surface area contributed by atoms with Crippen LogP contribution in [0.1, 0.15) is 36.6 Å². The van der Waals surface area contributed by atoms with Gasteiger partial charge in [-0.3, -0.25) is 14.5 Å². The number of Topliss-reactive ketones (excluding diaryl/α,β-unsaturated/α-hetero) is 1. The standard InChI is InChI=1S/C29H24N2O6S/c1-3-36-20-8-9-21-23(14-20)38-29(30-21)31-25(16-5-4-6-19(32)13-16)24(27(34)28(31)35)26(33)17-7-10-22-18(12-17)11-15(2)37-22/h4-10,12-15,25,32-33H,3,11H2,1-2H3/b26-24+/t15-,25-/m1/s1. The second-order valence-electron chi connectivity index (χ2n) is 9.28. The second kappa shape index (κ2) is 9.18. The third-order valence-electron chi connectivity index (χ3n) is 6.67. The van der Waals surface area contributed by atoms with E-state index in [2.05, 4.69) is 4.98 Å². The third kappa shape index (κ3) is 3.95. The van der Waals surface area contributed by atoms with Crippen LogP contribution in [0.2, 0.25) is 0 Å². The van der Waals surface area contributed by atoms with Crippen LogP contribution in [-0.2, 0) is 16.0 Å². The van der Waals surface area contributed by atoms with E-state index in [9.17, 15) is 19.8 Å². The summed E-state index contributed by atoms with van der Waals surface area (Å²) >= 11 is 1.25. The van der Waals surface area contributed by atoms with E-state index in [1.54, 1.807) is 42.5 Å². The summed E-state index contributed by atoms with van der Waals surface area (Å²) in [5, 5.41) is 22.0. The highest BCUT2D eigenvalue weighted by Crippen LogP contribution is 2.45. The Labute approximate surface area is 222 Å². The topological polar surface area (TPSA) is 109 Å². The van der Waals surface area contributed by atoms with Crippen LogP contribution in [0.4, 0.5) is 5.13 Å². The predicted octanol–water partition coefficient (Wildman–Crippen LogP) is 5.35. The molecule has 192 valence electrons. The number of aliphatic hydroxyl groups is 1. The van der Waals surface area contributed by atoms with Crippen molar-refractivity contribution in [2.45, 2.75) is 32.4 Å². The smallest absolute Gasteiger partial charge is 0.301 e. The molecule has 2 atom stereocenters. The number of aliphatic hydroxyl groups excluding tert-OH is 1. The summed E-state index contributed by atoms with van der Waals surface area (Å²) in [6, 6.07) is 16.0. The first-order chi connectivity index (χ1) is 18.3. The average molecular weight is 529 g/mol. The van der Waals surface area contributed by atoms with Crippen molar-refractivity contribution < 1.29 is 29.3 Å². The molecule has 4 aromatic rings. The van der Waals surface area contributed by atoms with Gasteiger partial charge in [0.05, 0.1) is 28.4 Å². The Morgan fingerprint density at radius 2 is 2.00 bits per heavy atom. The van der Waals surface area contributed by atoms with E-state index < -0.39 is 17.7 Å². The second-order valence-corrected chi connectivity index (χ2v) is 10.3. The van der Waals surface area contributed by atoms with Crippen LogP contribution >= 0.6 is 11.3 Å². The Morgan fingerprint density at radius 3 is 2.79 bits per heavy atom. The molecule has 2 aliphatic heterocycles. The molecule has 8 nitrogen and oxygen atoms in total. The lowest BCUT2D eigenvalue weighted by atomic mass is 9.94. The molecule has 0 aliphatic carbocycles. The molecule has 0 radical (unpaired) electrons. The number of phenols is 1. The highest BCUT2D eigenvalue weighted by atomic mass is 32.1. The first-order valence-corrected chi connectivity index (χ1v) is 13.1. The zero-order valence-corrected chi connectivity index (χ0v) is 21.5. The molecule has 9 heteroatoms. The van der Waals surface area contributed by atoms with E-state index in [4.69, 9.17) is 9.47 Å². The van der Waals surface area contributed by atoms with Crippen LogP contribution in [0, 0.1) is 0 Å². The molecule has 0 unspecified atom stereocenters. The highest BCUT2D eigenvalue weighted by Gasteiger charge is 2.48. The number of aromatic nitrogens is 1. The zero-order valence-electron chi connectivity index (χ0n) is 20.7. The number of thiazole rings is 1. The van der Waals surface area contributed by atoms with E-state index in [-0.39, 0.29) is 23.2 Å². The number of aromatic hydroxyl groups is 1. The Balaban J connectivity index is 1.51. The Hall–Kier alpha value is -4.37. The van der Waals surface area contributed by atoms with Gasteiger partial charge in [0.15, 0.2) is 5.13 Å². The van der Waals surface area contributed by atoms with Crippen molar-refractivity contribution in [2.75, 3.05) is 11.5 Å². The number of hydrogen-bond donors (Lipinski definition) is 2. The van der Waals surface area contributed by atoms with Crippen molar-refractivity contribution in [1.29, 1.82) is 0 Å². The van der Waals surface area contributed by atoms with Crippen LogP contribution in [0.3, 0.4) is 0 Å². The fraction of sp³-hybridized carbons (Fsp3) is 0.207. The zero-order chi connectivity index (χ0) is 26.6. The molecular formula is C29H24N2O6S. The summed E-state index contributed by atoms with van der Waals surface area (Å²) in [4.78, 5) is 32.9. The summed E-state index contributed by atoms with van der Waals surface area (Å²) in [5.41, 5.74) is 2.38. The summed E-state index contributed by atoms with van der Waals surface area (Å²) < 4.78 is 12.1. The van der Waals surface area contributed by atoms with Crippen molar-refractivity contribution in [3.05, 3.63) is 82.9 Å². The number of carbonyl (C=O) groups is 2. The van der Waals surface area contributed by atoms with Crippen LogP contribution in [0.15, 0.2) is 66.2 Å². The van der Waals surface area contributed by atoms with Crippen molar-refractivity contribution in [1.82, 2.24) is 4.98 Å². The Bertz CT molecular complexity index is 1640. The molecule has 6 rings (SSSR count). The number of benzene rings is 3. The van der Waals surface area contributed by atoms with Gasteiger partial charge in [-0.25, -0.2) is 4.98 Å². The number of ether oxygens (including phenoxy) is 2. The molecule has 0 spiro atoms. The molecule has 2 aliphatic rings. The number of fused-ring (bicyclic) bond motifs is 2. The highest BCUT2D eigenvalue weighted by molar-refractivity contribution is 7.22. The van der Waals surface area contributed by atoms with Gasteiger partial charge in [-0.05, 0) is 73.5 Å². The number of carbonyl (C=O) groups excluding carboxylic acids is 2. The van der Waals surface area contributed by atoms with Crippen molar-refractivity contribution in [3.63, 3.8) is 0 Å². The Morgan fingerprint density at radius 1 is 1.16 bits per heavy atom. The normalized spacial score (nSPS) is 20.1. The van der Waals surface area contributed by atoms with Crippen LogP contribution < -0.4 is 14.4 Å². The number of ketones is 1. The first-order valence-electron chi connectivity index (χ1n) is 12.3. The first kappa shape index (κ1) is 24.0. The number of amides is 1. The fourth-order valence-electron chi connectivity index (χ4n) is 5.02. The molecule has 1 saturated heterocycles. The van der Waals surface area contributed by atoms with Gasteiger partial charge in [-0.15, -0.1) is 0 Å². The third-order valence-corrected chi connectivity index (χ3v) is 7.68. The summed E-state index contributed by atoms with van der Waals surface area (Å²) in [6.45, 7) is 4.37. The molecule has 1 amide bonds. The minimum absolute atomic E-state index is 0.0162. The SMILES string of the molecule is CCOc1ccc2nc(N3C(=O)C(=O)/C(=C(/O)c4ccc5c(c4)C[C@@H](C)O5)[C@H]3c3cccc(O)c3)sc2c1. The number of anilines is 1. The van der Waals surface area contributed by atoms with E-state index in [0.29, 0.717) is 40.6 Å². The maximum atomic E-state index is 13.5. The molecule has 3 heterocycles. The number of hydrogen-bond acceptors (Lipinski definition) is 8. The van der Waals surface area contributed by atoms with Gasteiger partial charge < -0.3 is 19.7 Å². The summed E-state index contributed by atoms with van der Waals surface area (Å²) in [5.74, 6) is -0.530. The van der Waals surface area contributed by atoms with Gasteiger partial charge in [-0.1, -0.05) is 23.5 Å². The van der Waals surface area contributed by atoms with E-state index in [1.165, 1.54) is 28.4 Å². The molecule has 3 aromatic carbocycles. The predicted molar refractivity (Wildman–Crippen MR) is 144 cm³/mol. The summed E-state index contributed by atoms with van der Waals surface area (Å²) in [7, 11) is 0. The Kier molecular flexibility index (Phi) is 5.80. The monoisotopic (exact) mass is 528 g/mol. The van der Waals surface area contributed by atoms with Gasteiger partial charge in [0, 0.05) is 12.0 Å². The summed E-state index contributed by atoms with van der Waals surface area (Å²) in [6.07, 6.45) is 0.693. The largest absolute Gasteiger partial charge is 0.508 e. The van der Waals surface area contributed by atoms with E-state index >= 15 is 0 Å². The van der Waals surface area contributed by atoms with E-state index in [0.717, 1.165) is 16.0 Å². The van der Waals surface area contributed by atoms with Gasteiger partial charge in [0.25, 0.3) is 5.78 Å². The molecular weight excluding hydrogens is 504 g/mol. The van der Waals surface area contributed by atoms with Gasteiger partial charge in [-0.2, -0.15) is 0 Å². The van der Waals surface area contributed by atoms with Gasteiger partial charge in [0.1, 0.15) is 29.1 Å².